The van der Waals surface area contributed by atoms with Crippen LogP contribution < -0.4 is 14.9 Å². The van der Waals surface area contributed by atoms with E-state index < -0.39 is 0 Å². The molecule has 24 heavy (non-hydrogen) atoms. The quantitative estimate of drug-likeness (QED) is 0.656. The Labute approximate surface area is 142 Å². The average Bonchev–Trinajstić information content (AvgIpc) is 2.57. The highest BCUT2D eigenvalue weighted by Gasteiger charge is 2.06. The number of rotatable bonds is 6. The highest BCUT2D eigenvalue weighted by molar-refractivity contribution is 5.84. The Balaban J connectivity index is 1.97. The molecule has 0 heterocycles. The topological polar surface area (TPSA) is 59.9 Å². The Hall–Kier alpha value is -2.82. The van der Waals surface area contributed by atoms with Crippen molar-refractivity contribution in [2.75, 3.05) is 14.2 Å². The van der Waals surface area contributed by atoms with Crippen LogP contribution in [-0.2, 0) is 11.2 Å². The van der Waals surface area contributed by atoms with Crippen LogP contribution in [0.5, 0.6) is 11.5 Å². The van der Waals surface area contributed by atoms with Gasteiger partial charge in [-0.25, -0.2) is 5.43 Å². The second-order valence-corrected chi connectivity index (χ2v) is 5.51. The number of hydrazone groups is 1. The van der Waals surface area contributed by atoms with Gasteiger partial charge in [-0.1, -0.05) is 23.8 Å². The summed E-state index contributed by atoms with van der Waals surface area (Å²) in [5.74, 6) is 1.11. The van der Waals surface area contributed by atoms with Gasteiger partial charge in [0.2, 0.25) is 5.91 Å². The van der Waals surface area contributed by atoms with Gasteiger partial charge < -0.3 is 9.47 Å². The molecule has 0 radical (unpaired) electrons. The van der Waals surface area contributed by atoms with E-state index in [2.05, 4.69) is 16.6 Å². The van der Waals surface area contributed by atoms with Gasteiger partial charge >= 0.3 is 0 Å². The van der Waals surface area contributed by atoms with Crippen LogP contribution in [0.1, 0.15) is 22.3 Å². The van der Waals surface area contributed by atoms with Crippen LogP contribution in [0, 0.1) is 13.8 Å². The minimum atomic E-state index is -0.154. The minimum Gasteiger partial charge on any atom is -0.493 e. The van der Waals surface area contributed by atoms with E-state index in [1.54, 1.807) is 32.6 Å². The van der Waals surface area contributed by atoms with Crippen LogP contribution in [0.3, 0.4) is 0 Å². The van der Waals surface area contributed by atoms with E-state index >= 15 is 0 Å². The van der Waals surface area contributed by atoms with Crippen molar-refractivity contribution in [2.24, 2.45) is 5.10 Å². The number of methoxy groups -OCH3 is 2. The molecule has 2 aromatic carbocycles. The van der Waals surface area contributed by atoms with Crippen molar-refractivity contribution in [2.45, 2.75) is 20.3 Å². The minimum absolute atomic E-state index is 0.154. The number of nitrogens with zero attached hydrogens (tertiary/aromatic N) is 1. The number of hydrogen-bond acceptors (Lipinski definition) is 4. The predicted molar refractivity (Wildman–Crippen MR) is 94.9 cm³/mol. The van der Waals surface area contributed by atoms with E-state index in [9.17, 15) is 4.79 Å². The van der Waals surface area contributed by atoms with Crippen LogP contribution in [0.25, 0.3) is 0 Å². The van der Waals surface area contributed by atoms with Gasteiger partial charge in [-0.15, -0.1) is 0 Å². The molecule has 0 bridgehead atoms. The Kier molecular flexibility index (Phi) is 5.95. The number of amides is 1. The van der Waals surface area contributed by atoms with Gasteiger partial charge in [-0.3, -0.25) is 4.79 Å². The van der Waals surface area contributed by atoms with Crippen molar-refractivity contribution in [3.63, 3.8) is 0 Å². The maximum Gasteiger partial charge on any atom is 0.244 e. The third-order valence-electron chi connectivity index (χ3n) is 3.66. The van der Waals surface area contributed by atoms with Gasteiger partial charge in [0.1, 0.15) is 0 Å². The predicted octanol–water partition coefficient (Wildman–Crippen LogP) is 3.01. The lowest BCUT2D eigenvalue weighted by Gasteiger charge is -2.07. The molecular weight excluding hydrogens is 304 g/mol. The van der Waals surface area contributed by atoms with Crippen molar-refractivity contribution in [1.29, 1.82) is 0 Å². The summed E-state index contributed by atoms with van der Waals surface area (Å²) in [6, 6.07) is 11.5. The molecule has 5 heteroatoms. The van der Waals surface area contributed by atoms with E-state index in [0.717, 1.165) is 16.7 Å². The monoisotopic (exact) mass is 326 g/mol. The molecule has 126 valence electrons. The number of nitrogens with one attached hydrogen (secondary N) is 1. The van der Waals surface area contributed by atoms with Gasteiger partial charge in [-0.05, 0) is 48.7 Å². The van der Waals surface area contributed by atoms with Crippen molar-refractivity contribution < 1.29 is 14.3 Å². The second kappa shape index (κ2) is 8.15. The van der Waals surface area contributed by atoms with Crippen molar-refractivity contribution in [3.05, 3.63) is 58.7 Å². The third kappa shape index (κ3) is 4.59. The van der Waals surface area contributed by atoms with Gasteiger partial charge in [0.15, 0.2) is 11.5 Å². The molecule has 2 rings (SSSR count). The van der Waals surface area contributed by atoms with Crippen molar-refractivity contribution in [3.8, 4) is 11.5 Å². The lowest BCUT2D eigenvalue weighted by Crippen LogP contribution is -2.20. The number of ether oxygens (including phenoxy) is 2. The molecule has 2 aromatic rings. The van der Waals surface area contributed by atoms with Gasteiger partial charge in [0.25, 0.3) is 0 Å². The molecule has 0 aliphatic rings. The summed E-state index contributed by atoms with van der Waals surface area (Å²) in [6.45, 7) is 4.03. The Bertz CT molecular complexity index is 754. The maximum absolute atomic E-state index is 12.0. The fourth-order valence-corrected chi connectivity index (χ4v) is 2.37. The van der Waals surface area contributed by atoms with E-state index in [4.69, 9.17) is 9.47 Å². The lowest BCUT2D eigenvalue weighted by molar-refractivity contribution is -0.120. The highest BCUT2D eigenvalue weighted by Crippen LogP contribution is 2.26. The first kappa shape index (κ1) is 17.5. The number of benzene rings is 2. The number of carbonyl (C=O) groups is 1. The molecule has 0 saturated carbocycles. The van der Waals surface area contributed by atoms with E-state index in [0.29, 0.717) is 17.9 Å². The largest absolute Gasteiger partial charge is 0.493 e. The molecule has 0 saturated heterocycles. The SMILES string of the molecule is COc1ccc(/C=N/NC(=O)Cc2ccc(C)cc2C)cc1OC. The highest BCUT2D eigenvalue weighted by atomic mass is 16.5. The summed E-state index contributed by atoms with van der Waals surface area (Å²) < 4.78 is 10.4. The van der Waals surface area contributed by atoms with Gasteiger partial charge in [0.05, 0.1) is 26.9 Å². The molecule has 0 fully saturated rings. The smallest absolute Gasteiger partial charge is 0.244 e. The first-order chi connectivity index (χ1) is 11.5. The zero-order valence-corrected chi connectivity index (χ0v) is 14.4. The molecule has 0 aliphatic carbocycles. The summed E-state index contributed by atoms with van der Waals surface area (Å²) in [4.78, 5) is 12.0. The number of hydrogen-bond donors (Lipinski definition) is 1. The third-order valence-corrected chi connectivity index (χ3v) is 3.66. The molecule has 0 aromatic heterocycles. The second-order valence-electron chi connectivity index (χ2n) is 5.51. The molecule has 5 nitrogen and oxygen atoms in total. The van der Waals surface area contributed by atoms with E-state index in [-0.39, 0.29) is 5.91 Å². The van der Waals surface area contributed by atoms with Crippen LogP contribution in [0.2, 0.25) is 0 Å². The Morgan fingerprint density at radius 3 is 2.50 bits per heavy atom. The van der Waals surface area contributed by atoms with Crippen LogP contribution in [0.4, 0.5) is 0 Å². The summed E-state index contributed by atoms with van der Waals surface area (Å²) in [7, 11) is 3.16. The summed E-state index contributed by atoms with van der Waals surface area (Å²) in [5, 5.41) is 3.99. The maximum atomic E-state index is 12.0. The Morgan fingerprint density at radius 1 is 1.08 bits per heavy atom. The average molecular weight is 326 g/mol. The normalized spacial score (nSPS) is 10.7. The van der Waals surface area contributed by atoms with Crippen LogP contribution in [0.15, 0.2) is 41.5 Å². The summed E-state index contributed by atoms with van der Waals surface area (Å²) in [5.41, 5.74) is 6.64. The van der Waals surface area contributed by atoms with Gasteiger partial charge in [0, 0.05) is 0 Å². The number of aryl methyl sites for hydroxylation is 2. The lowest BCUT2D eigenvalue weighted by atomic mass is 10.0. The van der Waals surface area contributed by atoms with E-state index in [1.807, 2.05) is 32.0 Å². The van der Waals surface area contributed by atoms with Crippen LogP contribution in [-0.4, -0.2) is 26.3 Å². The zero-order valence-electron chi connectivity index (χ0n) is 14.4. The Morgan fingerprint density at radius 2 is 1.83 bits per heavy atom. The molecular formula is C19H22N2O3. The van der Waals surface area contributed by atoms with Crippen molar-refractivity contribution >= 4 is 12.1 Å². The standard InChI is InChI=1S/C19H22N2O3/c1-13-5-7-16(14(2)9-13)11-19(22)21-20-12-15-6-8-17(23-3)18(10-15)24-4/h5-10,12H,11H2,1-4H3,(H,21,22)/b20-12+. The molecule has 0 atom stereocenters. The first-order valence-electron chi connectivity index (χ1n) is 7.63. The zero-order chi connectivity index (χ0) is 17.5. The molecule has 1 amide bonds. The fourth-order valence-electron chi connectivity index (χ4n) is 2.37. The molecule has 1 N–H and O–H groups in total. The number of carbonyl (C=O) groups excluding carboxylic acids is 1. The van der Waals surface area contributed by atoms with E-state index in [1.165, 1.54) is 5.56 Å². The summed E-state index contributed by atoms with van der Waals surface area (Å²) >= 11 is 0. The molecule has 0 aliphatic heterocycles. The summed E-state index contributed by atoms with van der Waals surface area (Å²) in [6.07, 6.45) is 1.87. The van der Waals surface area contributed by atoms with Crippen LogP contribution >= 0.6 is 0 Å². The molecule has 0 unspecified atom stereocenters. The van der Waals surface area contributed by atoms with Gasteiger partial charge in [-0.2, -0.15) is 5.10 Å². The molecule has 0 spiro atoms. The fraction of sp³-hybridized carbons (Fsp3) is 0.263. The first-order valence-corrected chi connectivity index (χ1v) is 7.63. The van der Waals surface area contributed by atoms with Crippen molar-refractivity contribution in [1.82, 2.24) is 5.43 Å².